The smallest absolute Gasteiger partial charge is 0.355 e. The minimum absolute atomic E-state index is 0.0213. The minimum Gasteiger partial charge on any atom is -0.504 e. The summed E-state index contributed by atoms with van der Waals surface area (Å²) in [7, 11) is 0. The Bertz CT molecular complexity index is 877. The van der Waals surface area contributed by atoms with E-state index < -0.39 is 29.6 Å². The van der Waals surface area contributed by atoms with Crippen LogP contribution in [0.25, 0.3) is 0 Å². The summed E-state index contributed by atoms with van der Waals surface area (Å²) in [6.07, 6.45) is -0.0213. The van der Waals surface area contributed by atoms with Crippen molar-refractivity contribution in [1.82, 2.24) is 0 Å². The summed E-state index contributed by atoms with van der Waals surface area (Å²) in [4.78, 5) is 35.5. The van der Waals surface area contributed by atoms with Gasteiger partial charge in [0.05, 0.1) is 5.56 Å². The highest BCUT2D eigenvalue weighted by molar-refractivity contribution is 5.92. The second kappa shape index (κ2) is 8.53. The number of hydrogen-bond acceptors (Lipinski definition) is 7. The van der Waals surface area contributed by atoms with Crippen molar-refractivity contribution in [2.24, 2.45) is 5.73 Å². The van der Waals surface area contributed by atoms with Crippen LogP contribution in [0.2, 0.25) is 0 Å². The second-order valence-electron chi connectivity index (χ2n) is 6.61. The Kier molecular flexibility index (Phi) is 6.37. The fourth-order valence-electron chi connectivity index (χ4n) is 2.24. The number of carboxylic acid groups (broad SMARTS) is 1. The SMILES string of the molecule is CC(C)(OC(=O)c1ccccc1)C(=O)Oc1cc(C[C@H](N)C(=O)O)ccc1O. The number of benzene rings is 2. The van der Waals surface area contributed by atoms with Gasteiger partial charge in [-0.25, -0.2) is 9.59 Å². The lowest BCUT2D eigenvalue weighted by Crippen LogP contribution is -2.40. The van der Waals surface area contributed by atoms with E-state index in [1.165, 1.54) is 32.0 Å². The monoisotopic (exact) mass is 387 g/mol. The van der Waals surface area contributed by atoms with E-state index in [1.807, 2.05) is 0 Å². The van der Waals surface area contributed by atoms with Crippen molar-refractivity contribution in [3.63, 3.8) is 0 Å². The first-order valence-electron chi connectivity index (χ1n) is 8.41. The summed E-state index contributed by atoms with van der Waals surface area (Å²) in [6, 6.07) is 11.0. The lowest BCUT2D eigenvalue weighted by Gasteiger charge is -2.23. The third-order valence-electron chi connectivity index (χ3n) is 3.85. The van der Waals surface area contributed by atoms with Crippen molar-refractivity contribution in [2.45, 2.75) is 31.9 Å². The number of rotatable bonds is 7. The number of carbonyl (C=O) groups is 3. The molecule has 0 aliphatic heterocycles. The molecule has 2 aromatic carbocycles. The van der Waals surface area contributed by atoms with Gasteiger partial charge in [0.15, 0.2) is 11.5 Å². The zero-order valence-electron chi connectivity index (χ0n) is 15.4. The van der Waals surface area contributed by atoms with Crippen LogP contribution in [0.15, 0.2) is 48.5 Å². The van der Waals surface area contributed by atoms with Gasteiger partial charge >= 0.3 is 17.9 Å². The molecule has 0 fully saturated rings. The molecular formula is C20H21NO7. The molecule has 0 aliphatic rings. The quantitative estimate of drug-likeness (QED) is 0.484. The molecule has 8 heteroatoms. The number of esters is 2. The molecular weight excluding hydrogens is 366 g/mol. The Morgan fingerprint density at radius 3 is 2.36 bits per heavy atom. The summed E-state index contributed by atoms with van der Waals surface area (Å²) in [6.45, 7) is 2.72. The summed E-state index contributed by atoms with van der Waals surface area (Å²) < 4.78 is 10.4. The third kappa shape index (κ3) is 5.31. The molecule has 0 aliphatic carbocycles. The topological polar surface area (TPSA) is 136 Å². The normalized spacial score (nSPS) is 12.1. The van der Waals surface area contributed by atoms with E-state index in [9.17, 15) is 19.5 Å². The maximum Gasteiger partial charge on any atom is 0.355 e. The Morgan fingerprint density at radius 1 is 1.11 bits per heavy atom. The predicted molar refractivity (Wildman–Crippen MR) is 99.0 cm³/mol. The third-order valence-corrected chi connectivity index (χ3v) is 3.85. The highest BCUT2D eigenvalue weighted by Gasteiger charge is 2.35. The number of hydrogen-bond donors (Lipinski definition) is 3. The van der Waals surface area contributed by atoms with Crippen LogP contribution in [-0.2, 0) is 20.7 Å². The Morgan fingerprint density at radius 2 is 1.75 bits per heavy atom. The van der Waals surface area contributed by atoms with Gasteiger partial charge < -0.3 is 25.4 Å². The van der Waals surface area contributed by atoms with E-state index in [4.69, 9.17) is 20.3 Å². The van der Waals surface area contributed by atoms with Crippen molar-refractivity contribution >= 4 is 17.9 Å². The average Bonchev–Trinajstić information content (AvgIpc) is 2.64. The van der Waals surface area contributed by atoms with Crippen molar-refractivity contribution in [1.29, 1.82) is 0 Å². The van der Waals surface area contributed by atoms with Crippen molar-refractivity contribution < 1.29 is 34.1 Å². The van der Waals surface area contributed by atoms with Gasteiger partial charge in [0.1, 0.15) is 6.04 Å². The van der Waals surface area contributed by atoms with Gasteiger partial charge in [-0.1, -0.05) is 24.3 Å². The number of aromatic hydroxyl groups is 1. The van der Waals surface area contributed by atoms with E-state index in [1.54, 1.807) is 30.3 Å². The molecule has 1 atom stereocenters. The largest absolute Gasteiger partial charge is 0.504 e. The van der Waals surface area contributed by atoms with Crippen LogP contribution in [0.1, 0.15) is 29.8 Å². The van der Waals surface area contributed by atoms with E-state index in [-0.39, 0.29) is 23.5 Å². The Balaban J connectivity index is 2.12. The fraction of sp³-hybridized carbons (Fsp3) is 0.250. The van der Waals surface area contributed by atoms with E-state index in [2.05, 4.69) is 0 Å². The van der Waals surface area contributed by atoms with Gasteiger partial charge in [-0.05, 0) is 50.1 Å². The lowest BCUT2D eigenvalue weighted by atomic mass is 10.1. The maximum atomic E-state index is 12.5. The molecule has 2 aromatic rings. The highest BCUT2D eigenvalue weighted by Crippen LogP contribution is 2.29. The van der Waals surface area contributed by atoms with Gasteiger partial charge in [0, 0.05) is 0 Å². The number of carbonyl (C=O) groups excluding carboxylic acids is 2. The Hall–Kier alpha value is -3.39. The van der Waals surface area contributed by atoms with Crippen LogP contribution in [-0.4, -0.2) is 39.8 Å². The summed E-state index contributed by atoms with van der Waals surface area (Å²) in [5.41, 5.74) is 4.59. The van der Waals surface area contributed by atoms with Crippen LogP contribution in [0.3, 0.4) is 0 Å². The maximum absolute atomic E-state index is 12.5. The lowest BCUT2D eigenvalue weighted by molar-refractivity contribution is -0.152. The molecule has 0 spiro atoms. The molecule has 148 valence electrons. The van der Waals surface area contributed by atoms with E-state index >= 15 is 0 Å². The second-order valence-corrected chi connectivity index (χ2v) is 6.61. The van der Waals surface area contributed by atoms with Gasteiger partial charge in [-0.15, -0.1) is 0 Å². The van der Waals surface area contributed by atoms with Crippen LogP contribution < -0.4 is 10.5 Å². The Labute approximate surface area is 161 Å². The number of carboxylic acids is 1. The van der Waals surface area contributed by atoms with Gasteiger partial charge in [0.25, 0.3) is 0 Å². The molecule has 0 amide bonds. The molecule has 0 unspecified atom stereocenters. The highest BCUT2D eigenvalue weighted by atomic mass is 16.6. The zero-order chi connectivity index (χ0) is 20.9. The number of ether oxygens (including phenoxy) is 2. The molecule has 0 aromatic heterocycles. The molecule has 0 saturated heterocycles. The summed E-state index contributed by atoms with van der Waals surface area (Å²) in [5.74, 6) is -3.31. The molecule has 28 heavy (non-hydrogen) atoms. The molecule has 0 heterocycles. The predicted octanol–water partition coefficient (Wildman–Crippen LogP) is 1.89. The van der Waals surface area contributed by atoms with Crippen LogP contribution in [0.5, 0.6) is 11.5 Å². The van der Waals surface area contributed by atoms with Gasteiger partial charge in [-0.2, -0.15) is 0 Å². The first-order valence-corrected chi connectivity index (χ1v) is 8.41. The van der Waals surface area contributed by atoms with Gasteiger partial charge in [0.2, 0.25) is 5.60 Å². The molecule has 0 radical (unpaired) electrons. The van der Waals surface area contributed by atoms with E-state index in [0.717, 1.165) is 0 Å². The number of nitrogens with two attached hydrogens (primary N) is 1. The van der Waals surface area contributed by atoms with Crippen molar-refractivity contribution in [2.75, 3.05) is 0 Å². The molecule has 2 rings (SSSR count). The molecule has 8 nitrogen and oxygen atoms in total. The van der Waals surface area contributed by atoms with Crippen LogP contribution >= 0.6 is 0 Å². The van der Waals surface area contributed by atoms with Crippen molar-refractivity contribution in [3.05, 3.63) is 59.7 Å². The molecule has 0 saturated carbocycles. The standard InChI is InChI=1S/C20H21NO7/c1-20(2,28-18(25)13-6-4-3-5-7-13)19(26)27-16-11-12(8-9-15(16)22)10-14(21)17(23)24/h3-9,11,14,22H,10,21H2,1-2H3,(H,23,24)/t14-/m0/s1. The number of aliphatic carboxylic acids is 1. The fourth-order valence-corrected chi connectivity index (χ4v) is 2.24. The summed E-state index contributed by atoms with van der Waals surface area (Å²) >= 11 is 0. The minimum atomic E-state index is -1.63. The van der Waals surface area contributed by atoms with E-state index in [0.29, 0.717) is 5.56 Å². The summed E-state index contributed by atoms with van der Waals surface area (Å²) in [5, 5.41) is 18.8. The van der Waals surface area contributed by atoms with Gasteiger partial charge in [-0.3, -0.25) is 4.79 Å². The molecule has 0 bridgehead atoms. The zero-order valence-corrected chi connectivity index (χ0v) is 15.4. The number of phenols is 1. The average molecular weight is 387 g/mol. The molecule has 4 N–H and O–H groups in total. The van der Waals surface area contributed by atoms with Crippen LogP contribution in [0, 0.1) is 0 Å². The first kappa shape index (κ1) is 20.9. The van der Waals surface area contributed by atoms with Crippen molar-refractivity contribution in [3.8, 4) is 11.5 Å². The first-order chi connectivity index (χ1) is 13.1. The number of phenolic OH excluding ortho intramolecular Hbond substituents is 1. The van der Waals surface area contributed by atoms with Crippen LogP contribution in [0.4, 0.5) is 0 Å².